The first-order chi connectivity index (χ1) is 9.17. The van der Waals surface area contributed by atoms with Crippen molar-refractivity contribution >= 4 is 15.9 Å². The van der Waals surface area contributed by atoms with Crippen LogP contribution in [0.2, 0.25) is 0 Å². The minimum atomic E-state index is -0.0927. The fourth-order valence-corrected chi connectivity index (χ4v) is 3.47. The molecule has 2 N–H and O–H groups in total. The second-order valence-corrected chi connectivity index (χ2v) is 6.06. The number of hydrogen-bond donors (Lipinski definition) is 2. The highest BCUT2D eigenvalue weighted by molar-refractivity contribution is 9.10. The van der Waals surface area contributed by atoms with Crippen LogP contribution in [0.4, 0.5) is 4.39 Å². The van der Waals surface area contributed by atoms with E-state index in [2.05, 4.69) is 28.2 Å². The summed E-state index contributed by atoms with van der Waals surface area (Å²) < 4.78 is 14.7. The number of aliphatic hydroxyl groups excluding tert-OH is 1. The third-order valence-corrected chi connectivity index (χ3v) is 4.74. The van der Waals surface area contributed by atoms with Gasteiger partial charge in [0.2, 0.25) is 0 Å². The Hall–Kier alpha value is -0.450. The topological polar surface area (TPSA) is 32.3 Å². The van der Waals surface area contributed by atoms with E-state index in [0.717, 1.165) is 47.8 Å². The first-order valence-electron chi connectivity index (χ1n) is 6.98. The van der Waals surface area contributed by atoms with Gasteiger partial charge >= 0.3 is 0 Å². The molecule has 1 aliphatic carbocycles. The van der Waals surface area contributed by atoms with Crippen LogP contribution >= 0.6 is 15.9 Å². The maximum Gasteiger partial charge on any atom is 0.126 e. The standard InChI is InChI=1S/C15H21BrFNO/c1-2-10(7-8-19)9-18-14-6-3-11-13(17)5-4-12(16)15(11)14/h4-5,10,14,18-19H,2-3,6-9H2,1H3. The van der Waals surface area contributed by atoms with Crippen molar-refractivity contribution in [3.8, 4) is 0 Å². The fraction of sp³-hybridized carbons (Fsp3) is 0.600. The van der Waals surface area contributed by atoms with Crippen LogP contribution in [0.25, 0.3) is 0 Å². The van der Waals surface area contributed by atoms with E-state index in [1.165, 1.54) is 6.07 Å². The molecule has 106 valence electrons. The number of aliphatic hydroxyl groups is 1. The molecule has 0 heterocycles. The smallest absolute Gasteiger partial charge is 0.126 e. The maximum atomic E-state index is 13.7. The van der Waals surface area contributed by atoms with Gasteiger partial charge in [0.1, 0.15) is 5.82 Å². The summed E-state index contributed by atoms with van der Waals surface area (Å²) in [6.45, 7) is 3.25. The molecule has 0 saturated carbocycles. The summed E-state index contributed by atoms with van der Waals surface area (Å²) in [5.74, 6) is 0.395. The molecule has 0 amide bonds. The molecule has 1 aromatic carbocycles. The molecule has 1 aliphatic rings. The maximum absolute atomic E-state index is 13.7. The average molecular weight is 330 g/mol. The van der Waals surface area contributed by atoms with Gasteiger partial charge in [0.05, 0.1) is 0 Å². The molecule has 19 heavy (non-hydrogen) atoms. The Balaban J connectivity index is 2.04. The molecular weight excluding hydrogens is 309 g/mol. The van der Waals surface area contributed by atoms with E-state index >= 15 is 0 Å². The summed E-state index contributed by atoms with van der Waals surface area (Å²) >= 11 is 3.53. The van der Waals surface area contributed by atoms with Gasteiger partial charge in [0, 0.05) is 17.1 Å². The molecule has 0 saturated heterocycles. The van der Waals surface area contributed by atoms with Gasteiger partial charge in [0.25, 0.3) is 0 Å². The second kappa shape index (κ2) is 6.82. The molecule has 0 bridgehead atoms. The second-order valence-electron chi connectivity index (χ2n) is 5.21. The van der Waals surface area contributed by atoms with E-state index in [-0.39, 0.29) is 18.5 Å². The Morgan fingerprint density at radius 1 is 1.53 bits per heavy atom. The predicted octanol–water partition coefficient (Wildman–Crippen LogP) is 3.57. The van der Waals surface area contributed by atoms with Crippen LogP contribution < -0.4 is 5.32 Å². The minimum Gasteiger partial charge on any atom is -0.396 e. The number of halogens is 2. The van der Waals surface area contributed by atoms with Crippen LogP contribution in [-0.4, -0.2) is 18.3 Å². The van der Waals surface area contributed by atoms with Gasteiger partial charge in [-0.1, -0.05) is 29.3 Å². The van der Waals surface area contributed by atoms with E-state index < -0.39 is 0 Å². The molecule has 2 unspecified atom stereocenters. The molecule has 2 atom stereocenters. The Morgan fingerprint density at radius 3 is 3.00 bits per heavy atom. The molecule has 0 radical (unpaired) electrons. The highest BCUT2D eigenvalue weighted by Crippen LogP contribution is 2.38. The Bertz CT molecular complexity index is 438. The average Bonchev–Trinajstić information content (AvgIpc) is 2.84. The van der Waals surface area contributed by atoms with Gasteiger partial charge in [-0.15, -0.1) is 0 Å². The van der Waals surface area contributed by atoms with Crippen LogP contribution in [0.3, 0.4) is 0 Å². The summed E-state index contributed by atoms with van der Waals surface area (Å²) in [4.78, 5) is 0. The van der Waals surface area contributed by atoms with Crippen molar-refractivity contribution in [3.05, 3.63) is 33.5 Å². The monoisotopic (exact) mass is 329 g/mol. The Kier molecular flexibility index (Phi) is 5.37. The van der Waals surface area contributed by atoms with Crippen molar-refractivity contribution in [1.82, 2.24) is 5.32 Å². The molecule has 2 nitrogen and oxygen atoms in total. The largest absolute Gasteiger partial charge is 0.396 e. The van der Waals surface area contributed by atoms with Crippen LogP contribution in [-0.2, 0) is 6.42 Å². The summed E-state index contributed by atoms with van der Waals surface area (Å²) in [6.07, 6.45) is 3.63. The molecule has 2 rings (SSSR count). The van der Waals surface area contributed by atoms with Gasteiger partial charge in [-0.3, -0.25) is 0 Å². The Morgan fingerprint density at radius 2 is 2.32 bits per heavy atom. The minimum absolute atomic E-state index is 0.0927. The number of hydrogen-bond acceptors (Lipinski definition) is 2. The molecule has 0 aliphatic heterocycles. The molecule has 1 aromatic rings. The van der Waals surface area contributed by atoms with Gasteiger partial charge < -0.3 is 10.4 Å². The van der Waals surface area contributed by atoms with Crippen molar-refractivity contribution < 1.29 is 9.50 Å². The van der Waals surface area contributed by atoms with Crippen molar-refractivity contribution in [2.24, 2.45) is 5.92 Å². The number of benzene rings is 1. The summed E-state index contributed by atoms with van der Waals surface area (Å²) in [5.41, 5.74) is 1.93. The van der Waals surface area contributed by atoms with Crippen LogP contribution in [0.1, 0.15) is 43.4 Å². The molecule has 0 aromatic heterocycles. The van der Waals surface area contributed by atoms with E-state index in [1.807, 2.05) is 0 Å². The zero-order valence-corrected chi connectivity index (χ0v) is 12.8. The predicted molar refractivity (Wildman–Crippen MR) is 78.6 cm³/mol. The number of nitrogens with one attached hydrogen (secondary N) is 1. The lowest BCUT2D eigenvalue weighted by Gasteiger charge is -2.20. The van der Waals surface area contributed by atoms with Gasteiger partial charge in [0.15, 0.2) is 0 Å². The zero-order chi connectivity index (χ0) is 13.8. The van der Waals surface area contributed by atoms with Gasteiger partial charge in [-0.2, -0.15) is 0 Å². The van der Waals surface area contributed by atoms with Gasteiger partial charge in [-0.25, -0.2) is 4.39 Å². The number of rotatable bonds is 6. The SMILES string of the molecule is CCC(CCO)CNC1CCc2c(F)ccc(Br)c21. The zero-order valence-electron chi connectivity index (χ0n) is 11.3. The molecule has 0 fully saturated rings. The molecular formula is C15H21BrFNO. The first kappa shape index (κ1) is 14.9. The van der Waals surface area contributed by atoms with Crippen LogP contribution in [0, 0.1) is 11.7 Å². The lowest BCUT2D eigenvalue weighted by atomic mass is 10.0. The normalized spacial score (nSPS) is 19.5. The number of fused-ring (bicyclic) bond motifs is 1. The third kappa shape index (κ3) is 3.36. The summed E-state index contributed by atoms with van der Waals surface area (Å²) in [6, 6.07) is 3.55. The lowest BCUT2D eigenvalue weighted by molar-refractivity contribution is 0.248. The third-order valence-electron chi connectivity index (χ3n) is 4.05. The van der Waals surface area contributed by atoms with Crippen molar-refractivity contribution in [1.29, 1.82) is 0 Å². The van der Waals surface area contributed by atoms with Crippen molar-refractivity contribution in [2.75, 3.05) is 13.2 Å². The van der Waals surface area contributed by atoms with Crippen LogP contribution in [0.5, 0.6) is 0 Å². The van der Waals surface area contributed by atoms with E-state index in [4.69, 9.17) is 5.11 Å². The Labute approximate surface area is 122 Å². The highest BCUT2D eigenvalue weighted by Gasteiger charge is 2.27. The molecule has 0 spiro atoms. The van der Waals surface area contributed by atoms with Crippen molar-refractivity contribution in [3.63, 3.8) is 0 Å². The summed E-state index contributed by atoms with van der Waals surface area (Å²) in [7, 11) is 0. The van der Waals surface area contributed by atoms with Crippen LogP contribution in [0.15, 0.2) is 16.6 Å². The van der Waals surface area contributed by atoms with Gasteiger partial charge in [-0.05, 0) is 55.0 Å². The van der Waals surface area contributed by atoms with E-state index in [0.29, 0.717) is 5.92 Å². The lowest BCUT2D eigenvalue weighted by Crippen LogP contribution is -2.26. The van der Waals surface area contributed by atoms with Crippen molar-refractivity contribution in [2.45, 2.75) is 38.6 Å². The quantitative estimate of drug-likeness (QED) is 0.836. The first-order valence-corrected chi connectivity index (χ1v) is 7.77. The molecule has 4 heteroatoms. The van der Waals surface area contributed by atoms with E-state index in [1.54, 1.807) is 6.07 Å². The van der Waals surface area contributed by atoms with E-state index in [9.17, 15) is 4.39 Å². The highest BCUT2D eigenvalue weighted by atomic mass is 79.9. The fourth-order valence-electron chi connectivity index (χ4n) is 2.82. The summed E-state index contributed by atoms with van der Waals surface area (Å²) in [5, 5.41) is 12.5.